The van der Waals surface area contributed by atoms with Crippen molar-refractivity contribution in [1.29, 1.82) is 0 Å². The van der Waals surface area contributed by atoms with Crippen molar-refractivity contribution < 1.29 is 81.7 Å². The van der Waals surface area contributed by atoms with Gasteiger partial charge in [0.1, 0.15) is 0 Å². The van der Waals surface area contributed by atoms with Crippen LogP contribution in [0.15, 0.2) is 0 Å². The first-order chi connectivity index (χ1) is 5.29. The summed E-state index contributed by atoms with van der Waals surface area (Å²) in [5.74, 6) is 0. The molecule has 1 heterocycles. The van der Waals surface area contributed by atoms with Crippen LogP contribution in [0.3, 0.4) is 0 Å². The van der Waals surface area contributed by atoms with E-state index in [2.05, 4.69) is 4.52 Å². The molecule has 83 valence electrons. The van der Waals surface area contributed by atoms with Crippen LogP contribution >= 0.6 is 17.2 Å². The smallest absolute Gasteiger partial charge is 0.335 e. The first kappa shape index (κ1) is 21.7. The summed E-state index contributed by atoms with van der Waals surface area (Å²) < 4.78 is 19.0. The molecule has 0 aromatic rings. The van der Waals surface area contributed by atoms with Gasteiger partial charge >= 0.3 is 17.2 Å². The van der Waals surface area contributed by atoms with Crippen LogP contribution in [0, 0.1) is 7.43 Å². The summed E-state index contributed by atoms with van der Waals surface area (Å²) >= 11 is 0. The minimum atomic E-state index is -2.35. The van der Waals surface area contributed by atoms with Crippen molar-refractivity contribution in [3.05, 3.63) is 7.43 Å². The fourth-order valence-electron chi connectivity index (χ4n) is 0.449. The van der Waals surface area contributed by atoms with Gasteiger partial charge in [-0.05, 0) is 0 Å². The maximum atomic E-state index is 8.27. The maximum Gasteiger partial charge on any atom is 0.335 e. The zero-order valence-electron chi connectivity index (χ0n) is 7.53. The molecule has 14 heavy (non-hydrogen) atoms. The van der Waals surface area contributed by atoms with Crippen LogP contribution in [0.5, 0.6) is 0 Å². The van der Waals surface area contributed by atoms with Crippen molar-refractivity contribution in [2.24, 2.45) is 0 Å². The van der Waals surface area contributed by atoms with Crippen molar-refractivity contribution in [1.82, 2.24) is 0 Å². The van der Waals surface area contributed by atoms with Crippen LogP contribution in [0.4, 0.5) is 0 Å². The molecule has 1 fully saturated rings. The molecule has 0 atom stereocenters. The predicted molar refractivity (Wildman–Crippen MR) is 43.6 cm³/mol. The molecule has 1 radical (unpaired) electrons. The van der Waals surface area contributed by atoms with Gasteiger partial charge < -0.3 is 26.3 Å². The quantitative estimate of drug-likeness (QED) is 0.347. The van der Waals surface area contributed by atoms with E-state index in [1.165, 1.54) is 0 Å². The Labute approximate surface area is 125 Å². The van der Waals surface area contributed by atoms with Crippen LogP contribution < -0.4 is 0 Å². The van der Waals surface area contributed by atoms with E-state index in [1.807, 2.05) is 0 Å². The second-order valence-corrected chi connectivity index (χ2v) is 3.50. The summed E-state index contributed by atoms with van der Waals surface area (Å²) in [5, 5.41) is 0. The molecule has 10 heteroatoms. The Bertz CT molecular complexity index is 116. The third kappa shape index (κ3) is 10.9. The first-order valence-electron chi connectivity index (χ1n) is 2.78. The standard InChI is InChI=1S/C3H8O6P2.CH3.W.Y/c4-10(5)8-3-9-11-6-1-2-7-11;;;/h4-5H,1-3H2;1H3;;/q;-1;;. The minimum absolute atomic E-state index is 0. The number of hydrogen-bond acceptors (Lipinski definition) is 6. The maximum absolute atomic E-state index is 8.27. The molecule has 1 saturated heterocycles. The minimum Gasteiger partial charge on any atom is -0.358 e. The third-order valence-electron chi connectivity index (χ3n) is 0.803. The van der Waals surface area contributed by atoms with E-state index in [-0.39, 0.29) is 68.0 Å². The average Bonchev–Trinajstić information content (AvgIpc) is 2.39. The van der Waals surface area contributed by atoms with E-state index < -0.39 is 17.2 Å². The molecule has 0 bridgehead atoms. The Kier molecular flexibility index (Phi) is 20.9. The van der Waals surface area contributed by atoms with Crippen LogP contribution in [0.25, 0.3) is 0 Å². The Balaban J connectivity index is -0.000000403. The normalized spacial score (nSPS) is 15.6. The summed E-state index contributed by atoms with van der Waals surface area (Å²) in [4.78, 5) is 16.5. The van der Waals surface area contributed by atoms with Crippen molar-refractivity contribution in [2.75, 3.05) is 20.0 Å². The van der Waals surface area contributed by atoms with Gasteiger partial charge in [0.25, 0.3) is 0 Å². The summed E-state index contributed by atoms with van der Waals surface area (Å²) in [6.07, 6.45) is 0. The molecule has 0 aliphatic carbocycles. The van der Waals surface area contributed by atoms with E-state index in [1.54, 1.807) is 0 Å². The predicted octanol–water partition coefficient (Wildman–Crippen LogP) is 0.908. The third-order valence-corrected chi connectivity index (χ3v) is 2.24. The van der Waals surface area contributed by atoms with Crippen LogP contribution in [-0.2, 0) is 71.9 Å². The molecule has 1 aliphatic rings. The zero-order chi connectivity index (χ0) is 8.10. The van der Waals surface area contributed by atoms with E-state index in [0.29, 0.717) is 13.2 Å². The Morgan fingerprint density at radius 3 is 2.21 bits per heavy atom. The van der Waals surface area contributed by atoms with Gasteiger partial charge in [0.15, 0.2) is 6.79 Å². The topological polar surface area (TPSA) is 77.4 Å². The van der Waals surface area contributed by atoms with Crippen LogP contribution in [-0.4, -0.2) is 29.8 Å². The van der Waals surface area contributed by atoms with Gasteiger partial charge in [0, 0.05) is 53.8 Å². The fraction of sp³-hybridized carbons (Fsp3) is 0.750. The van der Waals surface area contributed by atoms with Crippen molar-refractivity contribution in [2.45, 2.75) is 0 Å². The van der Waals surface area contributed by atoms with Crippen molar-refractivity contribution >= 4 is 17.2 Å². The zero-order valence-corrected chi connectivity index (χ0v) is 15.1. The van der Waals surface area contributed by atoms with Gasteiger partial charge in [0.05, 0.1) is 13.2 Å². The van der Waals surface area contributed by atoms with Gasteiger partial charge in [-0.15, -0.1) is 0 Å². The molecule has 1 aliphatic heterocycles. The average molecular weight is 490 g/mol. The van der Waals surface area contributed by atoms with Crippen LogP contribution in [0.1, 0.15) is 0 Å². The van der Waals surface area contributed by atoms with E-state index in [0.717, 1.165) is 0 Å². The summed E-state index contributed by atoms with van der Waals surface area (Å²) in [5.41, 5.74) is 0. The monoisotopic (exact) mass is 490 g/mol. The molecule has 0 amide bonds. The van der Waals surface area contributed by atoms with E-state index in [9.17, 15) is 0 Å². The SMILES string of the molecule is OP(O)OCOP1OCCO1.[CH3-].[W].[Y]. The molecule has 0 saturated carbocycles. The van der Waals surface area contributed by atoms with Gasteiger partial charge in [-0.3, -0.25) is 9.05 Å². The van der Waals surface area contributed by atoms with Gasteiger partial charge in [0.2, 0.25) is 0 Å². The first-order valence-corrected chi connectivity index (χ1v) is 5.05. The van der Waals surface area contributed by atoms with Crippen molar-refractivity contribution in [3.63, 3.8) is 0 Å². The molecule has 2 N–H and O–H groups in total. The molecule has 6 nitrogen and oxygen atoms in total. The Morgan fingerprint density at radius 2 is 1.79 bits per heavy atom. The second-order valence-electron chi connectivity index (χ2n) is 1.52. The largest absolute Gasteiger partial charge is 0.358 e. The van der Waals surface area contributed by atoms with Crippen LogP contribution in [0.2, 0.25) is 0 Å². The molecular formula is C4H11O6P2WY-. The molecule has 0 unspecified atom stereocenters. The number of rotatable bonds is 4. The summed E-state index contributed by atoms with van der Waals surface area (Å²) in [6, 6.07) is 0. The van der Waals surface area contributed by atoms with Gasteiger partial charge in [-0.2, -0.15) is 0 Å². The van der Waals surface area contributed by atoms with Gasteiger partial charge in [-0.1, -0.05) is 0 Å². The second kappa shape index (κ2) is 13.5. The molecular weight excluding hydrogens is 479 g/mol. The molecule has 0 spiro atoms. The molecule has 0 aromatic heterocycles. The number of hydrogen-bond donors (Lipinski definition) is 2. The van der Waals surface area contributed by atoms with E-state index in [4.69, 9.17) is 23.4 Å². The molecule has 1 rings (SSSR count). The Morgan fingerprint density at radius 1 is 1.29 bits per heavy atom. The van der Waals surface area contributed by atoms with Crippen molar-refractivity contribution in [3.8, 4) is 0 Å². The fourth-order valence-corrected chi connectivity index (χ4v) is 1.49. The molecule has 0 aromatic carbocycles. The summed E-state index contributed by atoms with van der Waals surface area (Å²) in [6.45, 7) is 0.807. The van der Waals surface area contributed by atoms with Gasteiger partial charge in [-0.25, -0.2) is 0 Å². The van der Waals surface area contributed by atoms with E-state index >= 15 is 0 Å². The summed E-state index contributed by atoms with van der Waals surface area (Å²) in [7, 11) is -3.66. The Hall–Kier alpha value is 2.41.